The van der Waals surface area contributed by atoms with Crippen molar-refractivity contribution in [1.82, 2.24) is 4.98 Å². The van der Waals surface area contributed by atoms with Gasteiger partial charge in [0.1, 0.15) is 5.25 Å². The lowest BCUT2D eigenvalue weighted by atomic mass is 10.1. The minimum Gasteiger partial charge on any atom is -0.361 e. The van der Waals surface area contributed by atoms with Gasteiger partial charge >= 0.3 is 0 Å². The van der Waals surface area contributed by atoms with Crippen molar-refractivity contribution in [3.63, 3.8) is 0 Å². The Balaban J connectivity index is 2.17. The number of rotatable bonds is 4. The Kier molecular flexibility index (Phi) is 3.53. The van der Waals surface area contributed by atoms with Crippen LogP contribution < -0.4 is 5.73 Å². The third kappa shape index (κ3) is 2.34. The van der Waals surface area contributed by atoms with Crippen LogP contribution >= 0.6 is 0 Å². The van der Waals surface area contributed by atoms with E-state index in [1.54, 1.807) is 36.5 Å². The van der Waals surface area contributed by atoms with Gasteiger partial charge in [-0.25, -0.2) is 8.42 Å². The van der Waals surface area contributed by atoms with Gasteiger partial charge in [0.05, 0.1) is 4.90 Å². The Hall–Kier alpha value is -2.11. The molecule has 0 saturated carbocycles. The Morgan fingerprint density at radius 1 is 1.00 bits per heavy atom. The Bertz CT molecular complexity index is 854. The number of benzene rings is 2. The second kappa shape index (κ2) is 5.35. The molecule has 0 aliphatic heterocycles. The first-order valence-corrected chi connectivity index (χ1v) is 8.24. The van der Waals surface area contributed by atoms with Crippen LogP contribution in [0, 0.1) is 0 Å². The number of sulfone groups is 1. The van der Waals surface area contributed by atoms with E-state index in [1.807, 2.05) is 24.3 Å². The normalized spacial score (nSPS) is 13.4. The summed E-state index contributed by atoms with van der Waals surface area (Å²) in [5.74, 6) is 0. The zero-order valence-corrected chi connectivity index (χ0v) is 12.2. The maximum absolute atomic E-state index is 12.8. The lowest BCUT2D eigenvalue weighted by Gasteiger charge is -2.17. The molecule has 0 fully saturated rings. The number of nitrogens with two attached hydrogens (primary N) is 1. The largest absolute Gasteiger partial charge is 0.361 e. The van der Waals surface area contributed by atoms with E-state index in [0.29, 0.717) is 4.90 Å². The summed E-state index contributed by atoms with van der Waals surface area (Å²) < 4.78 is 25.7. The quantitative estimate of drug-likeness (QED) is 0.777. The molecular formula is C16H16N2O2S. The summed E-state index contributed by atoms with van der Waals surface area (Å²) in [4.78, 5) is 3.39. The molecule has 1 unspecified atom stereocenters. The zero-order valence-electron chi connectivity index (χ0n) is 11.4. The van der Waals surface area contributed by atoms with E-state index in [9.17, 15) is 8.42 Å². The van der Waals surface area contributed by atoms with E-state index in [4.69, 9.17) is 5.73 Å². The van der Waals surface area contributed by atoms with Crippen molar-refractivity contribution in [2.24, 2.45) is 5.73 Å². The zero-order chi connectivity index (χ0) is 14.9. The molecule has 0 bridgehead atoms. The van der Waals surface area contributed by atoms with Crippen LogP contribution in [-0.4, -0.2) is 19.9 Å². The highest BCUT2D eigenvalue weighted by Crippen LogP contribution is 2.32. The Labute approximate surface area is 123 Å². The van der Waals surface area contributed by atoms with Gasteiger partial charge in [0.25, 0.3) is 0 Å². The first kappa shape index (κ1) is 13.9. The molecule has 4 nitrogen and oxygen atoms in total. The minimum atomic E-state index is -3.51. The summed E-state index contributed by atoms with van der Waals surface area (Å²) in [6, 6.07) is 15.9. The molecule has 0 aliphatic carbocycles. The number of aromatic amines is 1. The SMILES string of the molecule is NCC(c1cccc2[nH]ccc12)S(=O)(=O)c1ccccc1. The van der Waals surface area contributed by atoms with Gasteiger partial charge in [0.15, 0.2) is 9.84 Å². The fourth-order valence-corrected chi connectivity index (χ4v) is 4.24. The highest BCUT2D eigenvalue weighted by atomic mass is 32.2. The molecule has 108 valence electrons. The fraction of sp³-hybridized carbons (Fsp3) is 0.125. The predicted octanol–water partition coefficient (Wildman–Crippen LogP) is 2.64. The molecule has 3 aromatic rings. The van der Waals surface area contributed by atoms with Crippen LogP contribution in [0.1, 0.15) is 10.8 Å². The second-order valence-electron chi connectivity index (χ2n) is 4.87. The molecule has 3 N–H and O–H groups in total. The summed E-state index contributed by atoms with van der Waals surface area (Å²) in [7, 11) is -3.51. The summed E-state index contributed by atoms with van der Waals surface area (Å²) in [5, 5.41) is 0.145. The minimum absolute atomic E-state index is 0.0432. The number of hydrogen-bond donors (Lipinski definition) is 2. The Morgan fingerprint density at radius 2 is 1.76 bits per heavy atom. The molecule has 0 radical (unpaired) electrons. The summed E-state index contributed by atoms with van der Waals surface area (Å²) in [6.45, 7) is 0.0432. The van der Waals surface area contributed by atoms with E-state index in [2.05, 4.69) is 4.98 Å². The molecule has 2 aromatic carbocycles. The molecule has 3 rings (SSSR count). The average Bonchev–Trinajstić information content (AvgIpc) is 2.98. The van der Waals surface area contributed by atoms with Gasteiger partial charge in [0.2, 0.25) is 0 Å². The van der Waals surface area contributed by atoms with Crippen LogP contribution in [0.3, 0.4) is 0 Å². The molecule has 1 atom stereocenters. The maximum Gasteiger partial charge on any atom is 0.186 e. The van der Waals surface area contributed by atoms with E-state index in [0.717, 1.165) is 16.5 Å². The standard InChI is InChI=1S/C16H16N2O2S/c17-11-16(21(19,20)12-5-2-1-3-6-12)14-7-4-8-15-13(14)9-10-18-15/h1-10,16,18H,11,17H2. The third-order valence-electron chi connectivity index (χ3n) is 3.64. The van der Waals surface area contributed by atoms with Crippen LogP contribution in [0.4, 0.5) is 0 Å². The van der Waals surface area contributed by atoms with E-state index in [-0.39, 0.29) is 6.54 Å². The molecule has 0 spiro atoms. The van der Waals surface area contributed by atoms with Crippen LogP contribution in [0.5, 0.6) is 0 Å². The van der Waals surface area contributed by atoms with Gasteiger partial charge in [0, 0.05) is 23.6 Å². The summed E-state index contributed by atoms with van der Waals surface area (Å²) in [5.41, 5.74) is 7.45. The molecule has 1 aromatic heterocycles. The van der Waals surface area contributed by atoms with E-state index < -0.39 is 15.1 Å². The fourth-order valence-electron chi connectivity index (χ4n) is 2.59. The molecule has 21 heavy (non-hydrogen) atoms. The monoisotopic (exact) mass is 300 g/mol. The lowest BCUT2D eigenvalue weighted by Crippen LogP contribution is -2.22. The number of aromatic nitrogens is 1. The highest BCUT2D eigenvalue weighted by molar-refractivity contribution is 7.91. The topological polar surface area (TPSA) is 76.0 Å². The molecule has 5 heteroatoms. The van der Waals surface area contributed by atoms with E-state index >= 15 is 0 Å². The number of hydrogen-bond acceptors (Lipinski definition) is 3. The predicted molar refractivity (Wildman–Crippen MR) is 83.7 cm³/mol. The van der Waals surface area contributed by atoms with Crippen LogP contribution in [0.2, 0.25) is 0 Å². The Morgan fingerprint density at radius 3 is 2.48 bits per heavy atom. The van der Waals surface area contributed by atoms with Crippen molar-refractivity contribution in [2.75, 3.05) is 6.54 Å². The second-order valence-corrected chi connectivity index (χ2v) is 7.00. The van der Waals surface area contributed by atoms with Gasteiger partial charge in [-0.15, -0.1) is 0 Å². The first-order chi connectivity index (χ1) is 10.1. The molecule has 0 saturated heterocycles. The van der Waals surface area contributed by atoms with Crippen molar-refractivity contribution in [3.8, 4) is 0 Å². The van der Waals surface area contributed by atoms with Gasteiger partial charge in [-0.05, 0) is 29.8 Å². The summed E-state index contributed by atoms with van der Waals surface area (Å²) >= 11 is 0. The molecule has 0 aliphatic rings. The number of H-pyrrole nitrogens is 1. The van der Waals surface area contributed by atoms with Crippen LogP contribution in [-0.2, 0) is 9.84 Å². The number of nitrogens with one attached hydrogen (secondary N) is 1. The van der Waals surface area contributed by atoms with Crippen molar-refractivity contribution in [1.29, 1.82) is 0 Å². The summed E-state index contributed by atoms with van der Waals surface area (Å²) in [6.07, 6.45) is 1.80. The van der Waals surface area contributed by atoms with Crippen molar-refractivity contribution in [3.05, 3.63) is 66.4 Å². The van der Waals surface area contributed by atoms with Gasteiger partial charge in [-0.2, -0.15) is 0 Å². The lowest BCUT2D eigenvalue weighted by molar-refractivity contribution is 0.583. The van der Waals surface area contributed by atoms with Crippen molar-refractivity contribution >= 4 is 20.7 Å². The van der Waals surface area contributed by atoms with Crippen molar-refractivity contribution < 1.29 is 8.42 Å². The molecular weight excluding hydrogens is 284 g/mol. The van der Waals surface area contributed by atoms with Gasteiger partial charge in [-0.1, -0.05) is 30.3 Å². The first-order valence-electron chi connectivity index (χ1n) is 6.69. The maximum atomic E-state index is 12.8. The van der Waals surface area contributed by atoms with Gasteiger partial charge in [-0.3, -0.25) is 0 Å². The highest BCUT2D eigenvalue weighted by Gasteiger charge is 2.29. The van der Waals surface area contributed by atoms with Crippen molar-refractivity contribution in [2.45, 2.75) is 10.1 Å². The van der Waals surface area contributed by atoms with E-state index in [1.165, 1.54) is 0 Å². The third-order valence-corrected chi connectivity index (χ3v) is 5.76. The number of fused-ring (bicyclic) bond motifs is 1. The average molecular weight is 300 g/mol. The van der Waals surface area contributed by atoms with Crippen LogP contribution in [0.25, 0.3) is 10.9 Å². The van der Waals surface area contributed by atoms with Gasteiger partial charge < -0.3 is 10.7 Å². The smallest absolute Gasteiger partial charge is 0.186 e. The van der Waals surface area contributed by atoms with Crippen LogP contribution in [0.15, 0.2) is 65.7 Å². The molecule has 0 amide bonds. The molecule has 1 heterocycles.